The summed E-state index contributed by atoms with van der Waals surface area (Å²) in [6.45, 7) is 0. The molecule has 0 fully saturated rings. The maximum atomic E-state index is 5.18. The molecule has 0 amide bonds. The molecule has 0 saturated heterocycles. The Kier molecular flexibility index (Phi) is 3.19. The zero-order chi connectivity index (χ0) is 9.80. The van der Waals surface area contributed by atoms with Crippen molar-refractivity contribution in [3.63, 3.8) is 0 Å². The van der Waals surface area contributed by atoms with Gasteiger partial charge in [-0.3, -0.25) is 0 Å². The van der Waals surface area contributed by atoms with Gasteiger partial charge in [-0.2, -0.15) is 0 Å². The summed E-state index contributed by atoms with van der Waals surface area (Å²) in [5.74, 6) is 0. The van der Waals surface area contributed by atoms with Gasteiger partial charge in [0.05, 0.1) is 0 Å². The minimum absolute atomic E-state index is 0.870. The molecule has 0 saturated carbocycles. The van der Waals surface area contributed by atoms with Crippen LogP contribution in [0.4, 0.5) is 0 Å². The number of benzene rings is 1. The van der Waals surface area contributed by atoms with E-state index in [1.807, 2.05) is 6.07 Å². The molecule has 0 aliphatic rings. The molecule has 2 aromatic rings. The van der Waals surface area contributed by atoms with Crippen molar-refractivity contribution in [1.29, 1.82) is 0 Å². The molecule has 1 heterocycles. The summed E-state index contributed by atoms with van der Waals surface area (Å²) >= 11 is 3.43. The lowest BCUT2D eigenvalue weighted by Gasteiger charge is -1.98. The summed E-state index contributed by atoms with van der Waals surface area (Å²) in [4.78, 5) is 4.13. The van der Waals surface area contributed by atoms with E-state index < -0.39 is 0 Å². The van der Waals surface area contributed by atoms with E-state index in [0.29, 0.717) is 0 Å². The van der Waals surface area contributed by atoms with Gasteiger partial charge in [0.1, 0.15) is 5.52 Å². The lowest BCUT2D eigenvalue weighted by atomic mass is 10.1. The molecule has 14 heavy (non-hydrogen) atoms. The third kappa shape index (κ3) is 2.15. The summed E-state index contributed by atoms with van der Waals surface area (Å²) in [6, 6.07) is 6.21. The Labute approximate surface area is 91.5 Å². The average Bonchev–Trinajstić information content (AvgIpc) is 2.65. The van der Waals surface area contributed by atoms with Gasteiger partial charge in [0.2, 0.25) is 0 Å². The van der Waals surface area contributed by atoms with Gasteiger partial charge in [-0.05, 0) is 37.0 Å². The molecule has 0 aliphatic carbocycles. The molecular formula is C11H12BrNO. The van der Waals surface area contributed by atoms with Crippen LogP contribution in [0.5, 0.6) is 0 Å². The van der Waals surface area contributed by atoms with E-state index in [0.717, 1.165) is 22.9 Å². The zero-order valence-electron chi connectivity index (χ0n) is 7.87. The molecule has 0 N–H and O–H groups in total. The van der Waals surface area contributed by atoms with Crippen LogP contribution in [0.25, 0.3) is 11.1 Å². The van der Waals surface area contributed by atoms with Crippen LogP contribution in [0.1, 0.15) is 18.4 Å². The van der Waals surface area contributed by atoms with Gasteiger partial charge in [-0.15, -0.1) is 0 Å². The second kappa shape index (κ2) is 4.60. The summed E-state index contributed by atoms with van der Waals surface area (Å²) in [5, 5.41) is 1.08. The van der Waals surface area contributed by atoms with Crippen molar-refractivity contribution < 1.29 is 4.42 Å². The Hall–Kier alpha value is -0.830. The molecule has 1 aromatic heterocycles. The van der Waals surface area contributed by atoms with Crippen LogP contribution in [-0.4, -0.2) is 10.3 Å². The van der Waals surface area contributed by atoms with Gasteiger partial charge in [0, 0.05) is 5.33 Å². The SMILES string of the molecule is BrCCCCc1ccc2ocnc2c1. The fourth-order valence-electron chi connectivity index (χ4n) is 1.48. The van der Waals surface area contributed by atoms with E-state index in [9.17, 15) is 0 Å². The molecule has 2 nitrogen and oxygen atoms in total. The van der Waals surface area contributed by atoms with Crippen LogP contribution < -0.4 is 0 Å². The monoisotopic (exact) mass is 253 g/mol. The Bertz CT molecular complexity index is 410. The van der Waals surface area contributed by atoms with Gasteiger partial charge < -0.3 is 4.42 Å². The summed E-state index contributed by atoms with van der Waals surface area (Å²) < 4.78 is 5.18. The average molecular weight is 254 g/mol. The second-order valence-corrected chi connectivity index (χ2v) is 4.09. The quantitative estimate of drug-likeness (QED) is 0.616. The van der Waals surface area contributed by atoms with Gasteiger partial charge in [-0.25, -0.2) is 4.98 Å². The van der Waals surface area contributed by atoms with Gasteiger partial charge in [0.25, 0.3) is 0 Å². The molecule has 0 bridgehead atoms. The number of fused-ring (bicyclic) bond motifs is 1. The zero-order valence-corrected chi connectivity index (χ0v) is 9.46. The molecule has 74 valence electrons. The van der Waals surface area contributed by atoms with E-state index in [4.69, 9.17) is 4.42 Å². The van der Waals surface area contributed by atoms with Crippen molar-refractivity contribution in [2.24, 2.45) is 0 Å². The van der Waals surface area contributed by atoms with Crippen molar-refractivity contribution in [3.05, 3.63) is 30.2 Å². The lowest BCUT2D eigenvalue weighted by Crippen LogP contribution is -1.85. The molecule has 0 unspecified atom stereocenters. The predicted octanol–water partition coefficient (Wildman–Crippen LogP) is 3.55. The van der Waals surface area contributed by atoms with E-state index in [1.54, 1.807) is 0 Å². The molecule has 0 spiro atoms. The van der Waals surface area contributed by atoms with Crippen LogP contribution in [0, 0.1) is 0 Å². The number of rotatable bonds is 4. The van der Waals surface area contributed by atoms with Crippen LogP contribution in [0.2, 0.25) is 0 Å². The molecule has 0 radical (unpaired) electrons. The number of aromatic nitrogens is 1. The van der Waals surface area contributed by atoms with Crippen molar-refractivity contribution >= 4 is 27.0 Å². The molecule has 0 atom stereocenters. The van der Waals surface area contributed by atoms with E-state index in [-0.39, 0.29) is 0 Å². The van der Waals surface area contributed by atoms with Crippen LogP contribution >= 0.6 is 15.9 Å². The topological polar surface area (TPSA) is 26.0 Å². The molecule has 3 heteroatoms. The van der Waals surface area contributed by atoms with Crippen molar-refractivity contribution in [2.75, 3.05) is 5.33 Å². The van der Waals surface area contributed by atoms with Crippen LogP contribution in [-0.2, 0) is 6.42 Å². The molecule has 1 aromatic carbocycles. The van der Waals surface area contributed by atoms with Gasteiger partial charge in [-0.1, -0.05) is 22.0 Å². The smallest absolute Gasteiger partial charge is 0.181 e. The summed E-state index contributed by atoms with van der Waals surface area (Å²) in [7, 11) is 0. The van der Waals surface area contributed by atoms with Gasteiger partial charge in [0.15, 0.2) is 12.0 Å². The number of aryl methyl sites for hydroxylation is 1. The number of alkyl halides is 1. The highest BCUT2D eigenvalue weighted by atomic mass is 79.9. The number of unbranched alkanes of at least 4 members (excludes halogenated alkanes) is 1. The number of hydrogen-bond acceptors (Lipinski definition) is 2. The number of oxazole rings is 1. The van der Waals surface area contributed by atoms with Crippen molar-refractivity contribution in [2.45, 2.75) is 19.3 Å². The van der Waals surface area contributed by atoms with Crippen LogP contribution in [0.3, 0.4) is 0 Å². The number of nitrogens with zero attached hydrogens (tertiary/aromatic N) is 1. The highest BCUT2D eigenvalue weighted by Gasteiger charge is 1.99. The Morgan fingerprint density at radius 2 is 2.21 bits per heavy atom. The fraction of sp³-hybridized carbons (Fsp3) is 0.364. The highest BCUT2D eigenvalue weighted by Crippen LogP contribution is 2.15. The summed E-state index contributed by atoms with van der Waals surface area (Å²) in [6.07, 6.45) is 5.05. The predicted molar refractivity (Wildman–Crippen MR) is 60.7 cm³/mol. The van der Waals surface area contributed by atoms with Crippen molar-refractivity contribution in [3.8, 4) is 0 Å². The molecule has 2 rings (SSSR count). The third-order valence-electron chi connectivity index (χ3n) is 2.24. The minimum atomic E-state index is 0.870. The first-order valence-corrected chi connectivity index (χ1v) is 5.90. The van der Waals surface area contributed by atoms with E-state index >= 15 is 0 Å². The maximum absolute atomic E-state index is 5.18. The minimum Gasteiger partial charge on any atom is -0.443 e. The maximum Gasteiger partial charge on any atom is 0.181 e. The van der Waals surface area contributed by atoms with Crippen LogP contribution in [0.15, 0.2) is 29.0 Å². The highest BCUT2D eigenvalue weighted by molar-refractivity contribution is 9.09. The first kappa shape index (κ1) is 9.71. The molecule has 0 aliphatic heterocycles. The Morgan fingerprint density at radius 1 is 1.29 bits per heavy atom. The largest absolute Gasteiger partial charge is 0.443 e. The summed E-state index contributed by atoms with van der Waals surface area (Å²) in [5.41, 5.74) is 3.17. The fourth-order valence-corrected chi connectivity index (χ4v) is 1.88. The van der Waals surface area contributed by atoms with E-state index in [1.165, 1.54) is 24.8 Å². The normalized spacial score (nSPS) is 10.9. The molecular weight excluding hydrogens is 242 g/mol. The second-order valence-electron chi connectivity index (χ2n) is 3.30. The Balaban J connectivity index is 2.10. The third-order valence-corrected chi connectivity index (χ3v) is 2.80. The lowest BCUT2D eigenvalue weighted by molar-refractivity contribution is 0.602. The standard InChI is InChI=1S/C11H12BrNO/c12-6-2-1-3-9-4-5-11-10(7-9)13-8-14-11/h4-5,7-8H,1-3,6H2. The van der Waals surface area contributed by atoms with E-state index in [2.05, 4.69) is 33.0 Å². The number of hydrogen-bond donors (Lipinski definition) is 0. The van der Waals surface area contributed by atoms with Gasteiger partial charge >= 0.3 is 0 Å². The first-order chi connectivity index (χ1) is 6.90. The first-order valence-electron chi connectivity index (χ1n) is 4.78. The Morgan fingerprint density at radius 3 is 3.07 bits per heavy atom. The number of halogens is 1. The van der Waals surface area contributed by atoms with Crippen molar-refractivity contribution in [1.82, 2.24) is 4.98 Å².